The summed E-state index contributed by atoms with van der Waals surface area (Å²) in [7, 11) is 1.71. The maximum atomic E-state index is 6.09. The van der Waals surface area contributed by atoms with Gasteiger partial charge in [0.1, 0.15) is 5.75 Å². The summed E-state index contributed by atoms with van der Waals surface area (Å²) in [6, 6.07) is 17.4. The third kappa shape index (κ3) is 3.71. The van der Waals surface area contributed by atoms with Gasteiger partial charge in [0.05, 0.1) is 7.11 Å². The van der Waals surface area contributed by atoms with Gasteiger partial charge in [-0.3, -0.25) is 4.90 Å². The van der Waals surface area contributed by atoms with Gasteiger partial charge in [0.25, 0.3) is 0 Å². The van der Waals surface area contributed by atoms with E-state index >= 15 is 0 Å². The number of methoxy groups -OCH3 is 1. The van der Waals surface area contributed by atoms with Crippen LogP contribution in [-0.2, 0) is 0 Å². The monoisotopic (exact) mass is 325 g/mol. The first-order valence-electron chi connectivity index (χ1n) is 8.61. The minimum absolute atomic E-state index is 0.304. The number of ether oxygens (including phenoxy) is 1. The molecule has 1 fully saturated rings. The molecule has 0 unspecified atom stereocenters. The fourth-order valence-corrected chi connectivity index (χ4v) is 3.38. The van der Waals surface area contributed by atoms with Crippen molar-refractivity contribution < 1.29 is 4.74 Å². The zero-order chi connectivity index (χ0) is 16.9. The summed E-state index contributed by atoms with van der Waals surface area (Å²) >= 11 is 0. The predicted octanol–water partition coefficient (Wildman–Crippen LogP) is 2.83. The molecular formula is C20H27N3O. The normalized spacial score (nSPS) is 16.9. The van der Waals surface area contributed by atoms with E-state index in [1.807, 2.05) is 6.07 Å². The van der Waals surface area contributed by atoms with Crippen molar-refractivity contribution in [2.75, 3.05) is 44.7 Å². The van der Waals surface area contributed by atoms with Gasteiger partial charge in [-0.25, -0.2) is 0 Å². The maximum absolute atomic E-state index is 6.09. The third-order valence-electron chi connectivity index (χ3n) is 4.86. The topological polar surface area (TPSA) is 41.7 Å². The summed E-state index contributed by atoms with van der Waals surface area (Å²) in [6.45, 7) is 6.83. The van der Waals surface area contributed by atoms with Gasteiger partial charge in [0.15, 0.2) is 0 Å². The molecule has 1 heterocycles. The lowest BCUT2D eigenvalue weighted by Crippen LogP contribution is -2.49. The number of piperazine rings is 1. The van der Waals surface area contributed by atoms with Crippen molar-refractivity contribution >= 4 is 5.69 Å². The Hall–Kier alpha value is -2.04. The molecule has 2 N–H and O–H groups in total. The van der Waals surface area contributed by atoms with Gasteiger partial charge in [-0.05, 0) is 24.6 Å². The number of nitrogens with two attached hydrogens (primary N) is 1. The summed E-state index contributed by atoms with van der Waals surface area (Å²) in [5.41, 5.74) is 9.92. The zero-order valence-corrected chi connectivity index (χ0v) is 14.6. The largest absolute Gasteiger partial charge is 0.497 e. The summed E-state index contributed by atoms with van der Waals surface area (Å²) < 4.78 is 5.34. The third-order valence-corrected chi connectivity index (χ3v) is 4.86. The van der Waals surface area contributed by atoms with Crippen LogP contribution in [0.5, 0.6) is 5.75 Å². The number of hydrogen-bond acceptors (Lipinski definition) is 4. The number of rotatable bonds is 5. The standard InChI is InChI=1S/C20H27N3O/c1-16-6-8-17(9-7-16)20(15-21)23-12-10-22(11-13-23)18-4-3-5-19(14-18)24-2/h3-9,14,20H,10-13,15,21H2,1-2H3/t20-/m1/s1. The van der Waals surface area contributed by atoms with Crippen LogP contribution in [-0.4, -0.2) is 44.7 Å². The maximum Gasteiger partial charge on any atom is 0.120 e. The summed E-state index contributed by atoms with van der Waals surface area (Å²) in [6.07, 6.45) is 0. The van der Waals surface area contributed by atoms with E-state index in [4.69, 9.17) is 10.5 Å². The van der Waals surface area contributed by atoms with E-state index in [0.29, 0.717) is 12.6 Å². The number of nitrogens with zero attached hydrogens (tertiary/aromatic N) is 2. The minimum atomic E-state index is 0.304. The van der Waals surface area contributed by atoms with Gasteiger partial charge < -0.3 is 15.4 Å². The van der Waals surface area contributed by atoms with Gasteiger partial charge in [-0.1, -0.05) is 35.9 Å². The highest BCUT2D eigenvalue weighted by Crippen LogP contribution is 2.25. The highest BCUT2D eigenvalue weighted by Gasteiger charge is 2.24. The van der Waals surface area contributed by atoms with E-state index in [-0.39, 0.29) is 0 Å². The number of benzene rings is 2. The van der Waals surface area contributed by atoms with Crippen LogP contribution in [0.2, 0.25) is 0 Å². The van der Waals surface area contributed by atoms with Gasteiger partial charge in [0.2, 0.25) is 0 Å². The van der Waals surface area contributed by atoms with Gasteiger partial charge in [0, 0.05) is 50.5 Å². The van der Waals surface area contributed by atoms with Crippen molar-refractivity contribution in [3.63, 3.8) is 0 Å². The first kappa shape index (κ1) is 16.8. The summed E-state index contributed by atoms with van der Waals surface area (Å²) in [4.78, 5) is 4.92. The molecule has 24 heavy (non-hydrogen) atoms. The van der Waals surface area contributed by atoms with Crippen LogP contribution in [0.15, 0.2) is 48.5 Å². The van der Waals surface area contributed by atoms with Crippen LogP contribution in [0.4, 0.5) is 5.69 Å². The van der Waals surface area contributed by atoms with Crippen molar-refractivity contribution in [1.82, 2.24) is 4.90 Å². The molecule has 4 heteroatoms. The fourth-order valence-electron chi connectivity index (χ4n) is 3.38. The minimum Gasteiger partial charge on any atom is -0.497 e. The zero-order valence-electron chi connectivity index (χ0n) is 14.6. The fraction of sp³-hybridized carbons (Fsp3) is 0.400. The second-order valence-electron chi connectivity index (χ2n) is 6.39. The Morgan fingerprint density at radius 2 is 1.75 bits per heavy atom. The quantitative estimate of drug-likeness (QED) is 0.918. The molecule has 4 nitrogen and oxygen atoms in total. The van der Waals surface area contributed by atoms with E-state index in [9.17, 15) is 0 Å². The molecule has 0 aromatic heterocycles. The summed E-state index contributed by atoms with van der Waals surface area (Å²) in [5, 5.41) is 0. The lowest BCUT2D eigenvalue weighted by Gasteiger charge is -2.40. The molecule has 1 atom stereocenters. The van der Waals surface area contributed by atoms with Crippen LogP contribution in [0.1, 0.15) is 17.2 Å². The van der Waals surface area contributed by atoms with Crippen molar-refractivity contribution in [3.8, 4) is 5.75 Å². The second kappa shape index (κ2) is 7.69. The van der Waals surface area contributed by atoms with Crippen LogP contribution < -0.4 is 15.4 Å². The molecule has 2 aromatic rings. The lowest BCUT2D eigenvalue weighted by atomic mass is 10.0. The van der Waals surface area contributed by atoms with E-state index in [1.165, 1.54) is 16.8 Å². The van der Waals surface area contributed by atoms with Gasteiger partial charge >= 0.3 is 0 Å². The Morgan fingerprint density at radius 3 is 2.38 bits per heavy atom. The highest BCUT2D eigenvalue weighted by atomic mass is 16.5. The molecule has 1 aliphatic heterocycles. The van der Waals surface area contributed by atoms with Crippen molar-refractivity contribution in [2.45, 2.75) is 13.0 Å². The molecule has 1 saturated heterocycles. The van der Waals surface area contributed by atoms with Crippen LogP contribution in [0.3, 0.4) is 0 Å². The SMILES string of the molecule is COc1cccc(N2CCN([C@H](CN)c3ccc(C)cc3)CC2)c1. The average molecular weight is 325 g/mol. The molecule has 0 spiro atoms. The van der Waals surface area contributed by atoms with Crippen molar-refractivity contribution in [3.05, 3.63) is 59.7 Å². The number of aryl methyl sites for hydroxylation is 1. The molecule has 128 valence electrons. The molecule has 0 bridgehead atoms. The van der Waals surface area contributed by atoms with E-state index in [2.05, 4.69) is 59.2 Å². The molecule has 0 amide bonds. The first-order chi connectivity index (χ1) is 11.7. The van der Waals surface area contributed by atoms with E-state index in [0.717, 1.165) is 31.9 Å². The van der Waals surface area contributed by atoms with Crippen LogP contribution in [0, 0.1) is 6.92 Å². The number of hydrogen-bond donors (Lipinski definition) is 1. The number of anilines is 1. The Bertz CT molecular complexity index is 648. The lowest BCUT2D eigenvalue weighted by molar-refractivity contribution is 0.190. The van der Waals surface area contributed by atoms with Gasteiger partial charge in [-0.2, -0.15) is 0 Å². The summed E-state index contributed by atoms with van der Waals surface area (Å²) in [5.74, 6) is 0.911. The van der Waals surface area contributed by atoms with E-state index < -0.39 is 0 Å². The Kier molecular flexibility index (Phi) is 5.38. The molecule has 0 aliphatic carbocycles. The van der Waals surface area contributed by atoms with E-state index in [1.54, 1.807) is 7.11 Å². The Balaban J connectivity index is 1.66. The molecular weight excluding hydrogens is 298 g/mol. The van der Waals surface area contributed by atoms with Crippen LogP contribution in [0.25, 0.3) is 0 Å². The molecule has 0 radical (unpaired) electrons. The Morgan fingerprint density at radius 1 is 1.04 bits per heavy atom. The molecule has 3 rings (SSSR count). The Labute approximate surface area is 144 Å². The van der Waals surface area contributed by atoms with Gasteiger partial charge in [-0.15, -0.1) is 0 Å². The predicted molar refractivity (Wildman–Crippen MR) is 99.8 cm³/mol. The molecule has 1 aliphatic rings. The highest BCUT2D eigenvalue weighted by molar-refractivity contribution is 5.51. The second-order valence-corrected chi connectivity index (χ2v) is 6.39. The smallest absolute Gasteiger partial charge is 0.120 e. The van der Waals surface area contributed by atoms with Crippen molar-refractivity contribution in [1.29, 1.82) is 0 Å². The first-order valence-corrected chi connectivity index (χ1v) is 8.61. The van der Waals surface area contributed by atoms with Crippen molar-refractivity contribution in [2.24, 2.45) is 5.73 Å². The molecule has 0 saturated carbocycles. The van der Waals surface area contributed by atoms with Crippen LogP contribution >= 0.6 is 0 Å². The average Bonchev–Trinajstić information content (AvgIpc) is 2.64. The molecule has 2 aromatic carbocycles.